The Labute approximate surface area is 116 Å². The summed E-state index contributed by atoms with van der Waals surface area (Å²) < 4.78 is 5.36. The molecule has 1 aromatic carbocycles. The first-order valence-corrected chi connectivity index (χ1v) is 6.57. The largest absolute Gasteiger partial charge is 0.497 e. The molecule has 0 fully saturated rings. The molecule has 0 aliphatic heterocycles. The Balaban J connectivity index is -0.000000410. The van der Waals surface area contributed by atoms with Crippen LogP contribution in [0.3, 0.4) is 0 Å². The molecule has 18 heavy (non-hydrogen) atoms. The van der Waals surface area contributed by atoms with Gasteiger partial charge in [0, 0.05) is 9.64 Å². The van der Waals surface area contributed by atoms with Crippen LogP contribution in [0.25, 0.3) is 0 Å². The fourth-order valence-corrected chi connectivity index (χ4v) is 1.98. The minimum atomic E-state index is 0. The molecule has 0 aromatic heterocycles. The predicted octanol–water partition coefficient (Wildman–Crippen LogP) is 3.35. The van der Waals surface area contributed by atoms with Crippen molar-refractivity contribution in [2.75, 3.05) is 7.11 Å². The van der Waals surface area contributed by atoms with Crippen molar-refractivity contribution < 1.29 is 15.7 Å². The molecule has 4 heteroatoms. The summed E-state index contributed by atoms with van der Waals surface area (Å²) in [5, 5.41) is 0. The van der Waals surface area contributed by atoms with Gasteiger partial charge in [-0.1, -0.05) is 41.0 Å². The quantitative estimate of drug-likeness (QED) is 0.777. The van der Waals surface area contributed by atoms with Gasteiger partial charge in [-0.25, -0.2) is 0 Å². The van der Waals surface area contributed by atoms with Gasteiger partial charge >= 0.3 is 0 Å². The van der Waals surface area contributed by atoms with Crippen molar-refractivity contribution in [3.8, 4) is 5.75 Å². The molecule has 0 heterocycles. The molecule has 0 saturated carbocycles. The number of hydrogen-bond acceptors (Lipinski definition) is 2. The van der Waals surface area contributed by atoms with E-state index in [9.17, 15) is 0 Å². The third-order valence-corrected chi connectivity index (χ3v) is 2.60. The highest BCUT2D eigenvalue weighted by Gasteiger charge is 2.11. The van der Waals surface area contributed by atoms with E-state index < -0.39 is 0 Å². The highest BCUT2D eigenvalue weighted by molar-refractivity contribution is 8.00. The van der Waals surface area contributed by atoms with Crippen LogP contribution >= 0.6 is 11.8 Å². The van der Waals surface area contributed by atoms with Crippen LogP contribution in [-0.4, -0.2) is 22.8 Å². The summed E-state index contributed by atoms with van der Waals surface area (Å²) in [6.45, 7) is 10.9. The highest BCUT2D eigenvalue weighted by atomic mass is 32.2. The van der Waals surface area contributed by atoms with Gasteiger partial charge in [-0.2, -0.15) is 0 Å². The third-order valence-electron chi connectivity index (χ3n) is 1.48. The molecule has 4 N–H and O–H groups in total. The summed E-state index contributed by atoms with van der Waals surface area (Å²) in [7, 11) is 1.69. The second-order valence-electron chi connectivity index (χ2n) is 4.60. The molecule has 0 aliphatic rings. The van der Waals surface area contributed by atoms with E-state index in [2.05, 4.69) is 46.8 Å². The van der Waals surface area contributed by atoms with E-state index in [4.69, 9.17) is 4.74 Å². The molecule has 0 radical (unpaired) electrons. The van der Waals surface area contributed by atoms with Crippen LogP contribution in [0.2, 0.25) is 0 Å². The summed E-state index contributed by atoms with van der Waals surface area (Å²) in [6, 6.07) is 8.17. The Hall–Kier alpha value is -0.710. The van der Waals surface area contributed by atoms with E-state index >= 15 is 0 Å². The molecule has 108 valence electrons. The lowest BCUT2D eigenvalue weighted by molar-refractivity contribution is 0.414. The number of rotatable bonds is 2. The Bertz CT molecular complexity index is 278. The van der Waals surface area contributed by atoms with Crippen molar-refractivity contribution >= 4 is 11.8 Å². The normalized spacial score (nSPS) is 9.22. The van der Waals surface area contributed by atoms with Crippen LogP contribution in [0.4, 0.5) is 0 Å². The minimum absolute atomic E-state index is 0. The van der Waals surface area contributed by atoms with E-state index in [-0.39, 0.29) is 15.7 Å². The van der Waals surface area contributed by atoms with Crippen LogP contribution in [0, 0.1) is 0 Å². The molecule has 3 nitrogen and oxygen atoms in total. The molecule has 1 aromatic rings. The van der Waals surface area contributed by atoms with Gasteiger partial charge in [0.1, 0.15) is 5.75 Å². The first kappa shape index (κ1) is 22.5. The third kappa shape index (κ3) is 11.8. The summed E-state index contributed by atoms with van der Waals surface area (Å²) >= 11 is 1.86. The summed E-state index contributed by atoms with van der Waals surface area (Å²) in [4.78, 5) is 1.29. The maximum absolute atomic E-state index is 5.09. The van der Waals surface area contributed by atoms with Crippen LogP contribution < -0.4 is 4.74 Å². The monoisotopic (exact) mass is 276 g/mol. The van der Waals surface area contributed by atoms with Crippen molar-refractivity contribution in [3.63, 3.8) is 0 Å². The first-order chi connectivity index (χ1) is 7.42. The average Bonchev–Trinajstić information content (AvgIpc) is 2.18. The van der Waals surface area contributed by atoms with E-state index in [1.54, 1.807) is 7.11 Å². The fraction of sp³-hybridized carbons (Fsp3) is 0.571. The zero-order chi connectivity index (χ0) is 12.6. The number of benzene rings is 1. The summed E-state index contributed by atoms with van der Waals surface area (Å²) in [5.74, 6) is 0.915. The van der Waals surface area contributed by atoms with Crippen molar-refractivity contribution in [1.29, 1.82) is 0 Å². The Morgan fingerprint density at radius 1 is 1.00 bits per heavy atom. The first-order valence-electron chi connectivity index (χ1n) is 5.76. The summed E-state index contributed by atoms with van der Waals surface area (Å²) in [6.07, 6.45) is 1.25. The van der Waals surface area contributed by atoms with Gasteiger partial charge < -0.3 is 15.7 Å². The standard InChI is InChI=1S/C11H16OS.C3H8.2H2O/c1-11(2,3)13-10-7-5-9(12-4)6-8-10;1-3-2;;/h5-8H,1-4H3;3H2,1-2H3;2*1H2. The highest BCUT2D eigenvalue weighted by Crippen LogP contribution is 2.32. The lowest BCUT2D eigenvalue weighted by Crippen LogP contribution is -2.06. The van der Waals surface area contributed by atoms with Gasteiger partial charge in [0.2, 0.25) is 0 Å². The molecular formula is C14H28O3S. The second-order valence-corrected chi connectivity index (χ2v) is 6.50. The molecule has 0 unspecified atom stereocenters. The molecule has 0 aliphatic carbocycles. The zero-order valence-electron chi connectivity index (χ0n) is 12.3. The van der Waals surface area contributed by atoms with Crippen molar-refractivity contribution in [3.05, 3.63) is 24.3 Å². The van der Waals surface area contributed by atoms with Crippen molar-refractivity contribution in [1.82, 2.24) is 0 Å². The lowest BCUT2D eigenvalue weighted by Gasteiger charge is -2.17. The molecule has 0 bridgehead atoms. The zero-order valence-corrected chi connectivity index (χ0v) is 13.1. The SMILES string of the molecule is CCC.COc1ccc(SC(C)(C)C)cc1.O.O. The number of ether oxygens (including phenoxy) is 1. The molecular weight excluding hydrogens is 248 g/mol. The molecule has 0 spiro atoms. The van der Waals surface area contributed by atoms with Crippen LogP contribution in [0.5, 0.6) is 5.75 Å². The van der Waals surface area contributed by atoms with Crippen molar-refractivity contribution in [2.24, 2.45) is 0 Å². The van der Waals surface area contributed by atoms with Crippen molar-refractivity contribution in [2.45, 2.75) is 50.7 Å². The maximum atomic E-state index is 5.09. The van der Waals surface area contributed by atoms with Gasteiger partial charge in [-0.05, 0) is 24.3 Å². The molecule has 0 saturated heterocycles. The average molecular weight is 276 g/mol. The molecule has 0 atom stereocenters. The smallest absolute Gasteiger partial charge is 0.118 e. The van der Waals surface area contributed by atoms with Gasteiger partial charge in [-0.3, -0.25) is 0 Å². The van der Waals surface area contributed by atoms with Crippen LogP contribution in [0.1, 0.15) is 41.0 Å². The summed E-state index contributed by atoms with van der Waals surface area (Å²) in [5.41, 5.74) is 0. The Morgan fingerprint density at radius 3 is 1.67 bits per heavy atom. The fourth-order valence-electron chi connectivity index (χ4n) is 0.997. The van der Waals surface area contributed by atoms with Crippen LogP contribution in [-0.2, 0) is 0 Å². The van der Waals surface area contributed by atoms with Crippen LogP contribution in [0.15, 0.2) is 29.2 Å². The van der Waals surface area contributed by atoms with Gasteiger partial charge in [0.25, 0.3) is 0 Å². The number of hydrogen-bond donors (Lipinski definition) is 0. The number of thioether (sulfide) groups is 1. The molecule has 1 rings (SSSR count). The van der Waals surface area contributed by atoms with E-state index in [1.807, 2.05) is 23.9 Å². The molecule has 0 amide bonds. The Kier molecular flexibility index (Phi) is 14.2. The minimum Gasteiger partial charge on any atom is -0.497 e. The van der Waals surface area contributed by atoms with E-state index in [1.165, 1.54) is 11.3 Å². The topological polar surface area (TPSA) is 72.2 Å². The lowest BCUT2D eigenvalue weighted by atomic mass is 10.3. The van der Waals surface area contributed by atoms with E-state index in [0.717, 1.165) is 5.75 Å². The van der Waals surface area contributed by atoms with Gasteiger partial charge in [-0.15, -0.1) is 11.8 Å². The Morgan fingerprint density at radius 2 is 1.39 bits per heavy atom. The van der Waals surface area contributed by atoms with E-state index in [0.29, 0.717) is 0 Å². The number of methoxy groups -OCH3 is 1. The maximum Gasteiger partial charge on any atom is 0.118 e. The second kappa shape index (κ2) is 11.4. The predicted molar refractivity (Wildman–Crippen MR) is 81.8 cm³/mol. The van der Waals surface area contributed by atoms with Gasteiger partial charge in [0.05, 0.1) is 7.11 Å². The van der Waals surface area contributed by atoms with Gasteiger partial charge in [0.15, 0.2) is 0 Å².